The van der Waals surface area contributed by atoms with Gasteiger partial charge in [0.1, 0.15) is 0 Å². The molecule has 5 heteroatoms. The van der Waals surface area contributed by atoms with Gasteiger partial charge in [-0.2, -0.15) is 0 Å². The van der Waals surface area contributed by atoms with Crippen molar-refractivity contribution in [2.24, 2.45) is 0 Å². The molecule has 0 spiro atoms. The normalized spacial score (nSPS) is 10.2. The molecule has 0 aliphatic carbocycles. The first-order valence-corrected chi connectivity index (χ1v) is 8.17. The topological polar surface area (TPSA) is 55.4 Å². The molecule has 1 aromatic carbocycles. The van der Waals surface area contributed by atoms with Gasteiger partial charge < -0.3 is 10.1 Å². The molecular weight excluding hydrogens is 298 g/mol. The minimum Gasteiger partial charge on any atom is -0.462 e. The smallest absolute Gasteiger partial charge is 0.340 e. The Bertz CT molecular complexity index is 623. The summed E-state index contributed by atoms with van der Waals surface area (Å²) >= 11 is 1.53. The number of thiophene rings is 1. The van der Waals surface area contributed by atoms with Crippen LogP contribution in [-0.2, 0) is 16.0 Å². The van der Waals surface area contributed by atoms with Gasteiger partial charge in [-0.1, -0.05) is 31.5 Å². The summed E-state index contributed by atoms with van der Waals surface area (Å²) in [6, 6.07) is 10.7. The van der Waals surface area contributed by atoms with Gasteiger partial charge >= 0.3 is 5.97 Å². The van der Waals surface area contributed by atoms with Crippen molar-refractivity contribution in [2.45, 2.75) is 26.2 Å². The summed E-state index contributed by atoms with van der Waals surface area (Å²) < 4.78 is 5.21. The lowest BCUT2D eigenvalue weighted by Gasteiger charge is -2.10. The molecule has 1 amide bonds. The van der Waals surface area contributed by atoms with Crippen LogP contribution in [0.2, 0.25) is 0 Å². The summed E-state index contributed by atoms with van der Waals surface area (Å²) in [6.07, 6.45) is 2.10. The number of carbonyl (C=O) groups excluding carboxylic acids is 2. The number of unbranched alkanes of at least 4 members (excludes halogenated alkanes) is 1. The lowest BCUT2D eigenvalue weighted by Crippen LogP contribution is -2.17. The molecule has 1 N–H and O–H groups in total. The third kappa shape index (κ3) is 4.70. The number of anilines is 1. The predicted molar refractivity (Wildman–Crippen MR) is 88.3 cm³/mol. The zero-order valence-corrected chi connectivity index (χ0v) is 13.3. The molecule has 0 bridgehead atoms. The van der Waals surface area contributed by atoms with Crippen LogP contribution in [0.5, 0.6) is 0 Å². The van der Waals surface area contributed by atoms with Crippen molar-refractivity contribution in [3.63, 3.8) is 0 Å². The first kappa shape index (κ1) is 16.2. The van der Waals surface area contributed by atoms with Crippen molar-refractivity contribution in [2.75, 3.05) is 11.9 Å². The fraction of sp³-hybridized carbons (Fsp3) is 0.294. The molecule has 22 heavy (non-hydrogen) atoms. The monoisotopic (exact) mass is 317 g/mol. The van der Waals surface area contributed by atoms with Crippen molar-refractivity contribution in [1.29, 1.82) is 0 Å². The van der Waals surface area contributed by atoms with Crippen LogP contribution in [0.3, 0.4) is 0 Å². The number of amides is 1. The Morgan fingerprint density at radius 3 is 2.73 bits per heavy atom. The number of esters is 1. The molecule has 1 aromatic heterocycles. The van der Waals surface area contributed by atoms with E-state index in [4.69, 9.17) is 4.74 Å². The second-order valence-electron chi connectivity index (χ2n) is 4.84. The van der Waals surface area contributed by atoms with Crippen LogP contribution in [0, 0.1) is 0 Å². The van der Waals surface area contributed by atoms with E-state index >= 15 is 0 Å². The summed E-state index contributed by atoms with van der Waals surface area (Å²) in [6.45, 7) is 2.43. The highest BCUT2D eigenvalue weighted by Gasteiger charge is 2.14. The SMILES string of the molecule is CCCCOC(=O)c1ccccc1NC(=O)Cc1cccs1. The van der Waals surface area contributed by atoms with Crippen molar-refractivity contribution in [3.8, 4) is 0 Å². The number of para-hydroxylation sites is 1. The van der Waals surface area contributed by atoms with Crippen molar-refractivity contribution >= 4 is 28.9 Å². The maximum atomic E-state index is 12.1. The van der Waals surface area contributed by atoms with Crippen LogP contribution in [0.15, 0.2) is 41.8 Å². The number of benzene rings is 1. The van der Waals surface area contributed by atoms with E-state index in [0.717, 1.165) is 17.7 Å². The van der Waals surface area contributed by atoms with Crippen LogP contribution >= 0.6 is 11.3 Å². The quantitative estimate of drug-likeness (QED) is 0.622. The fourth-order valence-electron chi connectivity index (χ4n) is 1.92. The van der Waals surface area contributed by atoms with E-state index in [-0.39, 0.29) is 5.91 Å². The highest BCUT2D eigenvalue weighted by Crippen LogP contribution is 2.17. The Morgan fingerprint density at radius 2 is 2.00 bits per heavy atom. The second-order valence-corrected chi connectivity index (χ2v) is 5.87. The van der Waals surface area contributed by atoms with E-state index < -0.39 is 5.97 Å². The van der Waals surface area contributed by atoms with E-state index in [0.29, 0.717) is 24.3 Å². The highest BCUT2D eigenvalue weighted by molar-refractivity contribution is 7.10. The van der Waals surface area contributed by atoms with Crippen LogP contribution in [0.4, 0.5) is 5.69 Å². The third-order valence-electron chi connectivity index (χ3n) is 3.07. The summed E-state index contributed by atoms with van der Waals surface area (Å²) in [5.74, 6) is -0.545. The number of hydrogen-bond acceptors (Lipinski definition) is 4. The largest absolute Gasteiger partial charge is 0.462 e. The molecule has 0 saturated heterocycles. The Hall–Kier alpha value is -2.14. The fourth-order valence-corrected chi connectivity index (χ4v) is 2.63. The molecule has 0 aliphatic heterocycles. The zero-order valence-electron chi connectivity index (χ0n) is 12.5. The van der Waals surface area contributed by atoms with Gasteiger partial charge in [-0.3, -0.25) is 4.79 Å². The Kier molecular flexibility index (Phi) is 6.15. The summed E-state index contributed by atoms with van der Waals surface area (Å²) in [4.78, 5) is 25.1. The predicted octanol–water partition coefficient (Wildman–Crippen LogP) is 3.89. The van der Waals surface area contributed by atoms with Gasteiger partial charge in [0.05, 0.1) is 24.3 Å². The lowest BCUT2D eigenvalue weighted by molar-refractivity contribution is -0.115. The van der Waals surface area contributed by atoms with Gasteiger partial charge in [0, 0.05) is 4.88 Å². The van der Waals surface area contributed by atoms with Crippen molar-refractivity contribution < 1.29 is 14.3 Å². The third-order valence-corrected chi connectivity index (χ3v) is 3.94. The average Bonchev–Trinajstić information content (AvgIpc) is 3.00. The van der Waals surface area contributed by atoms with Crippen LogP contribution in [0.1, 0.15) is 35.0 Å². The van der Waals surface area contributed by atoms with E-state index in [1.54, 1.807) is 24.3 Å². The highest BCUT2D eigenvalue weighted by atomic mass is 32.1. The molecule has 0 radical (unpaired) electrons. The van der Waals surface area contributed by atoms with Crippen LogP contribution in [-0.4, -0.2) is 18.5 Å². The molecule has 116 valence electrons. The molecule has 2 rings (SSSR count). The molecule has 0 atom stereocenters. The van der Waals surface area contributed by atoms with Gasteiger partial charge in [-0.05, 0) is 30.0 Å². The van der Waals surface area contributed by atoms with Crippen molar-refractivity contribution in [3.05, 3.63) is 52.2 Å². The van der Waals surface area contributed by atoms with Crippen LogP contribution < -0.4 is 5.32 Å². The minimum atomic E-state index is -0.402. The number of hydrogen-bond donors (Lipinski definition) is 1. The van der Waals surface area contributed by atoms with E-state index in [1.165, 1.54) is 11.3 Å². The molecular formula is C17H19NO3S. The van der Waals surface area contributed by atoms with Gasteiger partial charge in [0.2, 0.25) is 5.91 Å². The summed E-state index contributed by atoms with van der Waals surface area (Å²) in [5.41, 5.74) is 0.878. The molecule has 0 saturated carbocycles. The minimum absolute atomic E-state index is 0.142. The molecule has 0 fully saturated rings. The van der Waals surface area contributed by atoms with Crippen LogP contribution in [0.25, 0.3) is 0 Å². The molecule has 0 aliphatic rings. The average molecular weight is 317 g/mol. The Labute approximate surface area is 134 Å². The maximum Gasteiger partial charge on any atom is 0.340 e. The molecule has 0 unspecified atom stereocenters. The lowest BCUT2D eigenvalue weighted by atomic mass is 10.1. The van der Waals surface area contributed by atoms with E-state index in [9.17, 15) is 9.59 Å². The standard InChI is InChI=1S/C17H19NO3S/c1-2-3-10-21-17(20)14-8-4-5-9-15(14)18-16(19)12-13-7-6-11-22-13/h4-9,11H,2-3,10,12H2,1H3,(H,18,19). The molecule has 1 heterocycles. The van der Waals surface area contributed by atoms with Crippen molar-refractivity contribution in [1.82, 2.24) is 0 Å². The summed E-state index contributed by atoms with van der Waals surface area (Å²) in [5, 5.41) is 4.72. The number of nitrogens with one attached hydrogen (secondary N) is 1. The summed E-state index contributed by atoms with van der Waals surface area (Å²) in [7, 11) is 0. The Balaban J connectivity index is 2.01. The molecule has 2 aromatic rings. The van der Waals surface area contributed by atoms with Gasteiger partial charge in [0.15, 0.2) is 0 Å². The first-order chi connectivity index (χ1) is 10.7. The maximum absolute atomic E-state index is 12.1. The van der Waals surface area contributed by atoms with Gasteiger partial charge in [-0.15, -0.1) is 11.3 Å². The number of rotatable bonds is 7. The Morgan fingerprint density at radius 1 is 1.18 bits per heavy atom. The molecule has 4 nitrogen and oxygen atoms in total. The van der Waals surface area contributed by atoms with Gasteiger partial charge in [0.25, 0.3) is 0 Å². The number of carbonyl (C=O) groups is 2. The number of ether oxygens (including phenoxy) is 1. The second kappa shape index (κ2) is 8.34. The zero-order chi connectivity index (χ0) is 15.8. The van der Waals surface area contributed by atoms with E-state index in [2.05, 4.69) is 5.32 Å². The van der Waals surface area contributed by atoms with E-state index in [1.807, 2.05) is 24.4 Å². The van der Waals surface area contributed by atoms with Gasteiger partial charge in [-0.25, -0.2) is 4.79 Å². The first-order valence-electron chi connectivity index (χ1n) is 7.29.